The normalized spacial score (nSPS) is 20.3. The number of amides is 2. The molecule has 1 unspecified atom stereocenters. The number of hydrogen-bond acceptors (Lipinski definition) is 3. The van der Waals surface area contributed by atoms with Crippen LogP contribution in [0.2, 0.25) is 5.02 Å². The SMILES string of the molecule is O=C1CC(C(=O)N2CCN(Cc3ccccc3)CC2)CN1Cc1ccccc1Cl. The topological polar surface area (TPSA) is 43.9 Å². The highest BCUT2D eigenvalue weighted by molar-refractivity contribution is 6.31. The summed E-state index contributed by atoms with van der Waals surface area (Å²) in [7, 11) is 0. The molecule has 6 heteroatoms. The van der Waals surface area contributed by atoms with E-state index in [1.807, 2.05) is 35.2 Å². The summed E-state index contributed by atoms with van der Waals surface area (Å²) >= 11 is 6.22. The van der Waals surface area contributed by atoms with Gasteiger partial charge in [0.25, 0.3) is 0 Å². The smallest absolute Gasteiger partial charge is 0.228 e. The average Bonchev–Trinajstić information content (AvgIpc) is 3.11. The van der Waals surface area contributed by atoms with E-state index in [-0.39, 0.29) is 17.7 Å². The second-order valence-corrected chi connectivity index (χ2v) is 8.26. The first-order valence-electron chi connectivity index (χ1n) is 10.2. The van der Waals surface area contributed by atoms with Gasteiger partial charge in [-0.05, 0) is 17.2 Å². The summed E-state index contributed by atoms with van der Waals surface area (Å²) in [5.41, 5.74) is 2.22. The number of hydrogen-bond donors (Lipinski definition) is 0. The minimum Gasteiger partial charge on any atom is -0.340 e. The lowest BCUT2D eigenvalue weighted by Gasteiger charge is -2.36. The molecule has 0 aliphatic carbocycles. The van der Waals surface area contributed by atoms with Crippen LogP contribution in [0.4, 0.5) is 0 Å². The number of benzene rings is 2. The van der Waals surface area contributed by atoms with Gasteiger partial charge in [0.2, 0.25) is 11.8 Å². The molecular weight excluding hydrogens is 386 g/mol. The zero-order valence-corrected chi connectivity index (χ0v) is 17.2. The molecule has 2 fully saturated rings. The lowest BCUT2D eigenvalue weighted by atomic mass is 10.1. The molecule has 2 amide bonds. The molecular formula is C23H26ClN3O2. The van der Waals surface area contributed by atoms with E-state index < -0.39 is 0 Å². The maximum atomic E-state index is 13.0. The molecule has 0 radical (unpaired) electrons. The van der Waals surface area contributed by atoms with Gasteiger partial charge in [-0.3, -0.25) is 14.5 Å². The van der Waals surface area contributed by atoms with Crippen LogP contribution >= 0.6 is 11.6 Å². The lowest BCUT2D eigenvalue weighted by molar-refractivity contribution is -0.137. The highest BCUT2D eigenvalue weighted by Crippen LogP contribution is 2.25. The van der Waals surface area contributed by atoms with Crippen LogP contribution in [0.15, 0.2) is 54.6 Å². The zero-order valence-electron chi connectivity index (χ0n) is 16.5. The highest BCUT2D eigenvalue weighted by atomic mass is 35.5. The minimum absolute atomic E-state index is 0.0333. The van der Waals surface area contributed by atoms with Gasteiger partial charge in [0.05, 0.1) is 5.92 Å². The number of carbonyl (C=O) groups excluding carboxylic acids is 2. The molecule has 0 bridgehead atoms. The van der Waals surface area contributed by atoms with Crippen molar-refractivity contribution in [3.05, 3.63) is 70.7 Å². The molecule has 2 aliphatic heterocycles. The molecule has 2 aromatic carbocycles. The van der Waals surface area contributed by atoms with Crippen molar-refractivity contribution < 1.29 is 9.59 Å². The number of rotatable bonds is 5. The van der Waals surface area contributed by atoms with E-state index in [0.29, 0.717) is 24.5 Å². The third-order valence-electron chi connectivity index (χ3n) is 5.82. The molecule has 2 heterocycles. The number of carbonyl (C=O) groups is 2. The van der Waals surface area contributed by atoms with Gasteiger partial charge in [-0.1, -0.05) is 60.1 Å². The fourth-order valence-corrected chi connectivity index (χ4v) is 4.34. The molecule has 0 aromatic heterocycles. The number of halogens is 1. The van der Waals surface area contributed by atoms with Crippen molar-refractivity contribution >= 4 is 23.4 Å². The minimum atomic E-state index is -0.245. The van der Waals surface area contributed by atoms with E-state index in [1.54, 1.807) is 4.90 Å². The Morgan fingerprint density at radius 1 is 0.931 bits per heavy atom. The highest BCUT2D eigenvalue weighted by Gasteiger charge is 2.37. The van der Waals surface area contributed by atoms with E-state index in [1.165, 1.54) is 5.56 Å². The van der Waals surface area contributed by atoms with Gasteiger partial charge in [0.1, 0.15) is 0 Å². The Balaban J connectivity index is 1.29. The maximum absolute atomic E-state index is 13.0. The standard InChI is InChI=1S/C23H26ClN3O2/c24-21-9-5-4-8-19(21)16-27-17-20(14-22(27)28)23(29)26-12-10-25(11-13-26)15-18-6-2-1-3-7-18/h1-9,20H,10-17H2. The Morgan fingerprint density at radius 3 is 2.34 bits per heavy atom. The van der Waals surface area contributed by atoms with Crippen LogP contribution in [-0.2, 0) is 22.7 Å². The predicted molar refractivity (Wildman–Crippen MR) is 113 cm³/mol. The van der Waals surface area contributed by atoms with Crippen molar-refractivity contribution in [2.45, 2.75) is 19.5 Å². The fraction of sp³-hybridized carbons (Fsp3) is 0.391. The molecule has 4 rings (SSSR count). The van der Waals surface area contributed by atoms with E-state index in [2.05, 4.69) is 29.2 Å². The van der Waals surface area contributed by atoms with Gasteiger partial charge in [0.15, 0.2) is 0 Å². The Kier molecular flexibility index (Phi) is 6.16. The quantitative estimate of drug-likeness (QED) is 0.759. The zero-order chi connectivity index (χ0) is 20.2. The molecule has 29 heavy (non-hydrogen) atoms. The van der Waals surface area contributed by atoms with E-state index in [4.69, 9.17) is 11.6 Å². The summed E-state index contributed by atoms with van der Waals surface area (Å²) in [6, 6.07) is 18.0. The van der Waals surface area contributed by atoms with Crippen molar-refractivity contribution in [1.82, 2.24) is 14.7 Å². The summed E-state index contributed by atoms with van der Waals surface area (Å²) in [4.78, 5) is 31.5. The summed E-state index contributed by atoms with van der Waals surface area (Å²) in [6.07, 6.45) is 0.299. The van der Waals surface area contributed by atoms with Crippen LogP contribution < -0.4 is 0 Å². The first-order chi connectivity index (χ1) is 14.1. The molecule has 0 N–H and O–H groups in total. The van der Waals surface area contributed by atoms with Crippen LogP contribution in [0.5, 0.6) is 0 Å². The first kappa shape index (κ1) is 19.9. The number of likely N-dealkylation sites (tertiary alicyclic amines) is 1. The van der Waals surface area contributed by atoms with Crippen LogP contribution in [-0.4, -0.2) is 59.2 Å². The van der Waals surface area contributed by atoms with Gasteiger partial charge in [0, 0.05) is 57.3 Å². The third kappa shape index (κ3) is 4.80. The predicted octanol–water partition coefficient (Wildman–Crippen LogP) is 3.03. The van der Waals surface area contributed by atoms with Crippen LogP contribution in [0, 0.1) is 5.92 Å². The van der Waals surface area contributed by atoms with E-state index in [0.717, 1.165) is 38.3 Å². The number of piperazine rings is 1. The third-order valence-corrected chi connectivity index (χ3v) is 6.18. The molecule has 2 aliphatic rings. The van der Waals surface area contributed by atoms with Crippen molar-refractivity contribution in [3.63, 3.8) is 0 Å². The molecule has 1 atom stereocenters. The van der Waals surface area contributed by atoms with Gasteiger partial charge >= 0.3 is 0 Å². The van der Waals surface area contributed by atoms with Crippen LogP contribution in [0.1, 0.15) is 17.5 Å². The molecule has 0 saturated carbocycles. The molecule has 5 nitrogen and oxygen atoms in total. The van der Waals surface area contributed by atoms with Crippen LogP contribution in [0.25, 0.3) is 0 Å². The van der Waals surface area contributed by atoms with Crippen molar-refractivity contribution in [2.75, 3.05) is 32.7 Å². The van der Waals surface area contributed by atoms with E-state index in [9.17, 15) is 9.59 Å². The summed E-state index contributed by atoms with van der Waals surface area (Å²) in [6.45, 7) is 5.04. The van der Waals surface area contributed by atoms with Crippen molar-refractivity contribution in [2.24, 2.45) is 5.92 Å². The first-order valence-corrected chi connectivity index (χ1v) is 10.5. The number of nitrogens with zero attached hydrogens (tertiary/aromatic N) is 3. The largest absolute Gasteiger partial charge is 0.340 e. The van der Waals surface area contributed by atoms with E-state index >= 15 is 0 Å². The van der Waals surface area contributed by atoms with Gasteiger partial charge in [-0.2, -0.15) is 0 Å². The average molecular weight is 412 g/mol. The summed E-state index contributed by atoms with van der Waals surface area (Å²) in [5.74, 6) is -0.101. The summed E-state index contributed by atoms with van der Waals surface area (Å²) in [5, 5.41) is 0.657. The second kappa shape index (κ2) is 8.97. The Labute approximate surface area is 176 Å². The van der Waals surface area contributed by atoms with Crippen LogP contribution in [0.3, 0.4) is 0 Å². The Morgan fingerprint density at radius 2 is 1.62 bits per heavy atom. The molecule has 2 aromatic rings. The summed E-state index contributed by atoms with van der Waals surface area (Å²) < 4.78 is 0. The van der Waals surface area contributed by atoms with Gasteiger partial charge < -0.3 is 9.80 Å². The van der Waals surface area contributed by atoms with Gasteiger partial charge in [-0.15, -0.1) is 0 Å². The Hall–Kier alpha value is -2.37. The lowest BCUT2D eigenvalue weighted by Crippen LogP contribution is -2.50. The van der Waals surface area contributed by atoms with Gasteiger partial charge in [-0.25, -0.2) is 0 Å². The van der Waals surface area contributed by atoms with Crippen molar-refractivity contribution in [3.8, 4) is 0 Å². The maximum Gasteiger partial charge on any atom is 0.228 e. The second-order valence-electron chi connectivity index (χ2n) is 7.85. The molecule has 2 saturated heterocycles. The molecule has 152 valence electrons. The van der Waals surface area contributed by atoms with Crippen molar-refractivity contribution in [1.29, 1.82) is 0 Å². The Bertz CT molecular complexity index is 865. The molecule has 0 spiro atoms. The fourth-order valence-electron chi connectivity index (χ4n) is 4.15. The monoisotopic (exact) mass is 411 g/mol.